The lowest BCUT2D eigenvalue weighted by Gasteiger charge is -2.38. The Morgan fingerprint density at radius 1 is 1.32 bits per heavy atom. The van der Waals surface area contributed by atoms with Crippen LogP contribution in [0.25, 0.3) is 0 Å². The number of aryl methyl sites for hydroxylation is 1. The second kappa shape index (κ2) is 9.14. The van der Waals surface area contributed by atoms with Crippen LogP contribution in [-0.2, 0) is 7.05 Å². The van der Waals surface area contributed by atoms with E-state index in [2.05, 4.69) is 38.4 Å². The molecule has 25 heavy (non-hydrogen) atoms. The van der Waals surface area contributed by atoms with Crippen LogP contribution in [-0.4, -0.2) is 45.8 Å². The molecule has 0 spiro atoms. The molecule has 0 amide bonds. The van der Waals surface area contributed by atoms with E-state index in [1.54, 1.807) is 6.20 Å². The van der Waals surface area contributed by atoms with Crippen molar-refractivity contribution in [1.82, 2.24) is 19.7 Å². The van der Waals surface area contributed by atoms with Crippen LogP contribution in [0.1, 0.15) is 24.6 Å². The standard InChI is InChI=1S/C17H25N7.HI/c1-23-11-5-6-13(16(23)14-8-10-21-24(14)2)12-20-17(18)22-15-7-3-4-9-19-15;/h3-4,7-10,13,16H,5-6,11-12H2,1-2H3,(H3,18,19,20,22);1H/t13-,16+;/m0./s1. The van der Waals surface area contributed by atoms with E-state index >= 15 is 0 Å². The van der Waals surface area contributed by atoms with Crippen LogP contribution in [0.15, 0.2) is 41.7 Å². The summed E-state index contributed by atoms with van der Waals surface area (Å²) in [6.45, 7) is 1.78. The number of aromatic nitrogens is 3. The Bertz CT molecular complexity index is 685. The molecule has 3 rings (SSSR count). The van der Waals surface area contributed by atoms with E-state index in [-0.39, 0.29) is 24.0 Å². The van der Waals surface area contributed by atoms with Crippen molar-refractivity contribution in [1.29, 1.82) is 0 Å². The summed E-state index contributed by atoms with van der Waals surface area (Å²) in [5.74, 6) is 1.54. The molecule has 0 saturated carbocycles. The van der Waals surface area contributed by atoms with E-state index in [0.29, 0.717) is 30.3 Å². The zero-order chi connectivity index (χ0) is 16.9. The highest BCUT2D eigenvalue weighted by molar-refractivity contribution is 14.0. The molecule has 2 aromatic rings. The molecule has 3 N–H and O–H groups in total. The van der Waals surface area contributed by atoms with E-state index < -0.39 is 0 Å². The lowest BCUT2D eigenvalue weighted by molar-refractivity contribution is 0.119. The largest absolute Gasteiger partial charge is 0.370 e. The Labute approximate surface area is 165 Å². The Morgan fingerprint density at radius 2 is 2.16 bits per heavy atom. The third-order valence-corrected chi connectivity index (χ3v) is 4.59. The number of aliphatic imine (C=N–C) groups is 1. The fourth-order valence-electron chi connectivity index (χ4n) is 3.42. The SMILES string of the molecule is CN1CCC[C@@H](CN=C(N)Nc2ccccn2)[C@@H]1c1ccnn1C.I. The number of nitrogens with one attached hydrogen (secondary N) is 1. The molecular formula is C17H26IN7. The van der Waals surface area contributed by atoms with Crippen LogP contribution in [0.2, 0.25) is 0 Å². The number of hydrogen-bond donors (Lipinski definition) is 2. The molecule has 3 heterocycles. The van der Waals surface area contributed by atoms with Gasteiger partial charge in [-0.05, 0) is 50.6 Å². The lowest BCUT2D eigenvalue weighted by atomic mass is 9.87. The molecule has 2 atom stereocenters. The summed E-state index contributed by atoms with van der Waals surface area (Å²) in [7, 11) is 4.16. The maximum Gasteiger partial charge on any atom is 0.194 e. The normalized spacial score (nSPS) is 21.6. The summed E-state index contributed by atoms with van der Waals surface area (Å²) in [5, 5.41) is 7.36. The summed E-state index contributed by atoms with van der Waals surface area (Å²) in [6.07, 6.45) is 5.90. The number of anilines is 1. The van der Waals surface area contributed by atoms with Crippen LogP contribution in [0.4, 0.5) is 5.82 Å². The smallest absolute Gasteiger partial charge is 0.194 e. The van der Waals surface area contributed by atoms with Crippen molar-refractivity contribution in [2.45, 2.75) is 18.9 Å². The first-order valence-corrected chi connectivity index (χ1v) is 8.31. The first kappa shape index (κ1) is 19.6. The maximum atomic E-state index is 6.02. The van der Waals surface area contributed by atoms with Gasteiger partial charge in [0.15, 0.2) is 5.96 Å². The minimum absolute atomic E-state index is 0. The average molecular weight is 455 g/mol. The fraction of sp³-hybridized carbons (Fsp3) is 0.471. The number of nitrogens with zero attached hydrogens (tertiary/aromatic N) is 5. The monoisotopic (exact) mass is 455 g/mol. The Kier molecular flexibility index (Phi) is 7.18. The summed E-state index contributed by atoms with van der Waals surface area (Å²) >= 11 is 0. The molecule has 0 aliphatic carbocycles. The predicted octanol–water partition coefficient (Wildman–Crippen LogP) is 2.24. The molecule has 7 nitrogen and oxygen atoms in total. The summed E-state index contributed by atoms with van der Waals surface area (Å²) in [6, 6.07) is 8.07. The minimum atomic E-state index is 0. The summed E-state index contributed by atoms with van der Waals surface area (Å²) in [4.78, 5) is 11.1. The molecule has 1 aliphatic rings. The van der Waals surface area contributed by atoms with Crippen molar-refractivity contribution in [3.8, 4) is 0 Å². The van der Waals surface area contributed by atoms with Gasteiger partial charge in [0, 0.05) is 26.0 Å². The Morgan fingerprint density at radius 3 is 2.84 bits per heavy atom. The van der Waals surface area contributed by atoms with Crippen molar-refractivity contribution in [3.05, 3.63) is 42.4 Å². The third kappa shape index (κ3) is 4.91. The second-order valence-electron chi connectivity index (χ2n) is 6.27. The average Bonchev–Trinajstić information content (AvgIpc) is 2.99. The molecule has 1 saturated heterocycles. The van der Waals surface area contributed by atoms with Gasteiger partial charge in [0.05, 0.1) is 11.7 Å². The summed E-state index contributed by atoms with van der Waals surface area (Å²) < 4.78 is 1.96. The van der Waals surface area contributed by atoms with Crippen LogP contribution in [0.3, 0.4) is 0 Å². The Hall–Kier alpha value is -1.68. The van der Waals surface area contributed by atoms with Gasteiger partial charge in [0.1, 0.15) is 5.82 Å². The highest BCUT2D eigenvalue weighted by Gasteiger charge is 2.32. The topological polar surface area (TPSA) is 84.4 Å². The van der Waals surface area contributed by atoms with Gasteiger partial charge in [-0.3, -0.25) is 14.6 Å². The molecule has 0 bridgehead atoms. The van der Waals surface area contributed by atoms with Crippen molar-refractivity contribution in [2.24, 2.45) is 23.7 Å². The number of nitrogens with two attached hydrogens (primary N) is 1. The van der Waals surface area contributed by atoms with E-state index in [0.717, 1.165) is 13.0 Å². The van der Waals surface area contributed by atoms with Crippen LogP contribution in [0.5, 0.6) is 0 Å². The number of likely N-dealkylation sites (tertiary alicyclic amines) is 1. The second-order valence-corrected chi connectivity index (χ2v) is 6.27. The minimum Gasteiger partial charge on any atom is -0.370 e. The van der Waals surface area contributed by atoms with Crippen molar-refractivity contribution in [3.63, 3.8) is 0 Å². The number of piperidine rings is 1. The summed E-state index contributed by atoms with van der Waals surface area (Å²) in [5.41, 5.74) is 7.25. The van der Waals surface area contributed by atoms with Gasteiger partial charge in [-0.2, -0.15) is 5.10 Å². The Balaban J connectivity index is 0.00000225. The molecule has 0 aromatic carbocycles. The van der Waals surface area contributed by atoms with Crippen LogP contribution in [0, 0.1) is 5.92 Å². The molecule has 1 aliphatic heterocycles. The molecule has 2 aromatic heterocycles. The van der Waals surface area contributed by atoms with E-state index in [1.165, 1.54) is 12.1 Å². The van der Waals surface area contributed by atoms with Crippen molar-refractivity contribution >= 4 is 35.8 Å². The number of rotatable bonds is 4. The third-order valence-electron chi connectivity index (χ3n) is 4.59. The zero-order valence-electron chi connectivity index (χ0n) is 14.7. The van der Waals surface area contributed by atoms with Crippen LogP contribution >= 0.6 is 24.0 Å². The number of hydrogen-bond acceptors (Lipinski definition) is 4. The van der Waals surface area contributed by atoms with Crippen molar-refractivity contribution in [2.75, 3.05) is 25.5 Å². The zero-order valence-corrected chi connectivity index (χ0v) is 17.0. The van der Waals surface area contributed by atoms with E-state index in [9.17, 15) is 0 Å². The maximum absolute atomic E-state index is 6.02. The van der Waals surface area contributed by atoms with E-state index in [4.69, 9.17) is 5.73 Å². The fourth-order valence-corrected chi connectivity index (χ4v) is 3.42. The van der Waals surface area contributed by atoms with Gasteiger partial charge >= 0.3 is 0 Å². The molecule has 0 radical (unpaired) electrons. The molecule has 8 heteroatoms. The number of halogens is 1. The molecule has 1 fully saturated rings. The predicted molar refractivity (Wildman–Crippen MR) is 111 cm³/mol. The molecular weight excluding hydrogens is 429 g/mol. The van der Waals surface area contributed by atoms with Gasteiger partial charge in [0.2, 0.25) is 0 Å². The van der Waals surface area contributed by atoms with E-state index in [1.807, 2.05) is 36.1 Å². The molecule has 0 unspecified atom stereocenters. The van der Waals surface area contributed by atoms with Gasteiger partial charge in [0.25, 0.3) is 0 Å². The van der Waals surface area contributed by atoms with Crippen LogP contribution < -0.4 is 11.1 Å². The first-order valence-electron chi connectivity index (χ1n) is 8.31. The molecule has 136 valence electrons. The van der Waals surface area contributed by atoms with Crippen molar-refractivity contribution < 1.29 is 0 Å². The van der Waals surface area contributed by atoms with Gasteiger partial charge in [-0.25, -0.2) is 4.98 Å². The van der Waals surface area contributed by atoms with Gasteiger partial charge in [-0.1, -0.05) is 6.07 Å². The highest BCUT2D eigenvalue weighted by Crippen LogP contribution is 2.34. The quantitative estimate of drug-likeness (QED) is 0.420. The van der Waals surface area contributed by atoms with Gasteiger partial charge in [-0.15, -0.1) is 24.0 Å². The lowest BCUT2D eigenvalue weighted by Crippen LogP contribution is -2.39. The first-order chi connectivity index (χ1) is 11.6. The van der Waals surface area contributed by atoms with Gasteiger partial charge < -0.3 is 11.1 Å². The number of guanidine groups is 1. The highest BCUT2D eigenvalue weighted by atomic mass is 127. The number of pyridine rings is 1.